The van der Waals surface area contributed by atoms with E-state index in [0.29, 0.717) is 12.5 Å². The van der Waals surface area contributed by atoms with Gasteiger partial charge in [0.15, 0.2) is 0 Å². The van der Waals surface area contributed by atoms with Crippen molar-refractivity contribution in [2.45, 2.75) is 64.3 Å². The molecule has 212 valence electrons. The van der Waals surface area contributed by atoms with Crippen molar-refractivity contribution in [2.24, 2.45) is 5.92 Å². The number of nitrogens with zero attached hydrogens (tertiary/aromatic N) is 2. The number of benzene rings is 3. The molecular formula is C34H38F4N2. The first-order chi connectivity index (χ1) is 19.2. The molecule has 2 heterocycles. The Kier molecular flexibility index (Phi) is 9.07. The van der Waals surface area contributed by atoms with E-state index in [4.69, 9.17) is 0 Å². The lowest BCUT2D eigenvalue weighted by molar-refractivity contribution is -0.137. The van der Waals surface area contributed by atoms with Gasteiger partial charge in [-0.2, -0.15) is 13.2 Å². The van der Waals surface area contributed by atoms with Gasteiger partial charge in [0.2, 0.25) is 0 Å². The van der Waals surface area contributed by atoms with Crippen LogP contribution in [0.25, 0.3) is 5.57 Å². The summed E-state index contributed by atoms with van der Waals surface area (Å²) >= 11 is 0. The minimum absolute atomic E-state index is 0.200. The molecule has 0 unspecified atom stereocenters. The minimum atomic E-state index is -4.30. The Labute approximate surface area is 235 Å². The molecule has 2 aliphatic heterocycles. The van der Waals surface area contributed by atoms with Crippen molar-refractivity contribution in [1.29, 1.82) is 0 Å². The van der Waals surface area contributed by atoms with Gasteiger partial charge in [0, 0.05) is 19.6 Å². The molecule has 5 rings (SSSR count). The maximum atomic E-state index is 13.3. The van der Waals surface area contributed by atoms with Gasteiger partial charge in [-0.15, -0.1) is 0 Å². The van der Waals surface area contributed by atoms with Crippen molar-refractivity contribution in [1.82, 2.24) is 9.80 Å². The predicted molar refractivity (Wildman–Crippen MR) is 153 cm³/mol. The lowest BCUT2D eigenvalue weighted by Gasteiger charge is -2.32. The molecule has 0 N–H and O–H groups in total. The van der Waals surface area contributed by atoms with E-state index in [-0.39, 0.29) is 5.82 Å². The molecule has 1 fully saturated rings. The third kappa shape index (κ3) is 7.61. The van der Waals surface area contributed by atoms with E-state index >= 15 is 0 Å². The standard InChI is InChI=1S/C34H38F4N2/c1-25(7-8-26-15-18-39(19-16-26)23-28-4-2-6-32(20-28)34(36,37)38)30-12-11-29-5-3-17-40(24-31(29)21-30)22-27-9-13-33(35)14-10-27/h2,4,6,9-14,20-21,26H,1,3,5,7-8,15-19,22-24H2. The molecule has 0 atom stereocenters. The van der Waals surface area contributed by atoms with Crippen molar-refractivity contribution in [3.8, 4) is 0 Å². The molecule has 6 heteroatoms. The molecule has 0 saturated carbocycles. The number of alkyl halides is 3. The van der Waals surface area contributed by atoms with Crippen molar-refractivity contribution < 1.29 is 17.6 Å². The summed E-state index contributed by atoms with van der Waals surface area (Å²) in [6.07, 6.45) is 2.05. The second kappa shape index (κ2) is 12.7. The summed E-state index contributed by atoms with van der Waals surface area (Å²) in [4.78, 5) is 4.71. The van der Waals surface area contributed by atoms with Gasteiger partial charge in [-0.3, -0.25) is 9.80 Å². The van der Waals surface area contributed by atoms with Crippen LogP contribution in [0, 0.1) is 11.7 Å². The zero-order valence-electron chi connectivity index (χ0n) is 23.0. The number of likely N-dealkylation sites (tertiary alicyclic amines) is 1. The van der Waals surface area contributed by atoms with Crippen LogP contribution in [-0.2, 0) is 32.2 Å². The number of piperidine rings is 1. The molecule has 1 saturated heterocycles. The summed E-state index contributed by atoms with van der Waals surface area (Å²) in [6, 6.07) is 19.3. The molecule has 0 bridgehead atoms. The number of aryl methyl sites for hydroxylation is 1. The minimum Gasteiger partial charge on any atom is -0.299 e. The number of hydrogen-bond donors (Lipinski definition) is 0. The van der Waals surface area contributed by atoms with Crippen LogP contribution in [-0.4, -0.2) is 29.4 Å². The van der Waals surface area contributed by atoms with Crippen LogP contribution in [0.2, 0.25) is 0 Å². The van der Waals surface area contributed by atoms with Crippen molar-refractivity contribution in [2.75, 3.05) is 19.6 Å². The second-order valence-corrected chi connectivity index (χ2v) is 11.5. The fourth-order valence-corrected chi connectivity index (χ4v) is 6.09. The van der Waals surface area contributed by atoms with E-state index in [9.17, 15) is 17.6 Å². The van der Waals surface area contributed by atoms with Crippen molar-refractivity contribution >= 4 is 5.57 Å². The highest BCUT2D eigenvalue weighted by molar-refractivity contribution is 5.64. The van der Waals surface area contributed by atoms with E-state index in [1.165, 1.54) is 46.5 Å². The van der Waals surface area contributed by atoms with Crippen LogP contribution in [0.15, 0.2) is 73.3 Å². The lowest BCUT2D eigenvalue weighted by atomic mass is 9.88. The van der Waals surface area contributed by atoms with Gasteiger partial charge in [-0.1, -0.05) is 49.0 Å². The molecule has 0 spiro atoms. The van der Waals surface area contributed by atoms with Gasteiger partial charge in [0.1, 0.15) is 5.82 Å². The zero-order valence-corrected chi connectivity index (χ0v) is 23.0. The molecule has 40 heavy (non-hydrogen) atoms. The van der Waals surface area contributed by atoms with E-state index in [1.54, 1.807) is 6.07 Å². The summed E-state index contributed by atoms with van der Waals surface area (Å²) in [7, 11) is 0. The number of allylic oxidation sites excluding steroid dienone is 1. The van der Waals surface area contributed by atoms with E-state index in [0.717, 1.165) is 88.4 Å². The van der Waals surface area contributed by atoms with Crippen LogP contribution < -0.4 is 0 Å². The second-order valence-electron chi connectivity index (χ2n) is 11.5. The normalized spacial score (nSPS) is 17.4. The maximum Gasteiger partial charge on any atom is 0.416 e. The Balaban J connectivity index is 1.11. The predicted octanol–water partition coefficient (Wildman–Crippen LogP) is 8.50. The Morgan fingerprint density at radius 2 is 1.57 bits per heavy atom. The largest absolute Gasteiger partial charge is 0.416 e. The van der Waals surface area contributed by atoms with Crippen molar-refractivity contribution in [3.05, 3.63) is 113 Å². The highest BCUT2D eigenvalue weighted by atomic mass is 19.4. The van der Waals surface area contributed by atoms with Crippen LogP contribution in [0.5, 0.6) is 0 Å². The molecule has 0 amide bonds. The van der Waals surface area contributed by atoms with Gasteiger partial charge >= 0.3 is 6.18 Å². The fraction of sp³-hybridized carbons (Fsp3) is 0.412. The number of hydrogen-bond acceptors (Lipinski definition) is 2. The molecule has 3 aromatic carbocycles. The number of halogens is 4. The Hall–Kier alpha value is -2.96. The third-order valence-corrected chi connectivity index (χ3v) is 8.47. The molecular weight excluding hydrogens is 512 g/mol. The summed E-state index contributed by atoms with van der Waals surface area (Å²) < 4.78 is 52.5. The molecule has 0 aromatic heterocycles. The highest BCUT2D eigenvalue weighted by Gasteiger charge is 2.30. The SMILES string of the molecule is C=C(CCC1CCN(Cc2cccc(C(F)(F)F)c2)CC1)c1ccc2c(c1)CN(Cc1ccc(F)cc1)CCC2. The Bertz CT molecular complexity index is 1290. The quantitative estimate of drug-likeness (QED) is 0.260. The van der Waals surface area contributed by atoms with Gasteiger partial charge in [0.25, 0.3) is 0 Å². The molecule has 2 aliphatic rings. The molecule has 2 nitrogen and oxygen atoms in total. The first-order valence-electron chi connectivity index (χ1n) is 14.4. The fourth-order valence-electron chi connectivity index (χ4n) is 6.09. The maximum absolute atomic E-state index is 13.3. The zero-order chi connectivity index (χ0) is 28.1. The molecule has 0 aliphatic carbocycles. The van der Waals surface area contributed by atoms with Gasteiger partial charge < -0.3 is 0 Å². The monoisotopic (exact) mass is 550 g/mol. The summed E-state index contributed by atoms with van der Waals surface area (Å²) in [5, 5.41) is 0. The average Bonchev–Trinajstić information content (AvgIpc) is 3.14. The summed E-state index contributed by atoms with van der Waals surface area (Å²) in [6.45, 7) is 9.54. The highest BCUT2D eigenvalue weighted by Crippen LogP contribution is 2.32. The van der Waals surface area contributed by atoms with E-state index in [1.807, 2.05) is 12.1 Å². The lowest BCUT2D eigenvalue weighted by Crippen LogP contribution is -2.33. The first-order valence-corrected chi connectivity index (χ1v) is 14.4. The van der Waals surface area contributed by atoms with Crippen molar-refractivity contribution in [3.63, 3.8) is 0 Å². The van der Waals surface area contributed by atoms with Gasteiger partial charge in [-0.25, -0.2) is 4.39 Å². The first kappa shape index (κ1) is 28.6. The van der Waals surface area contributed by atoms with E-state index < -0.39 is 11.7 Å². The number of fused-ring (bicyclic) bond motifs is 1. The summed E-state index contributed by atoms with van der Waals surface area (Å²) in [5.41, 5.74) is 6.43. The average molecular weight is 551 g/mol. The van der Waals surface area contributed by atoms with Gasteiger partial charge in [-0.05, 0) is 122 Å². The third-order valence-electron chi connectivity index (χ3n) is 8.47. The Morgan fingerprint density at radius 3 is 2.33 bits per heavy atom. The van der Waals surface area contributed by atoms with Gasteiger partial charge in [0.05, 0.1) is 5.56 Å². The van der Waals surface area contributed by atoms with Crippen LogP contribution in [0.1, 0.15) is 65.5 Å². The van der Waals surface area contributed by atoms with Crippen LogP contribution in [0.3, 0.4) is 0 Å². The van der Waals surface area contributed by atoms with Crippen LogP contribution in [0.4, 0.5) is 17.6 Å². The summed E-state index contributed by atoms with van der Waals surface area (Å²) in [5.74, 6) is 0.412. The van der Waals surface area contributed by atoms with Crippen LogP contribution >= 0.6 is 0 Å². The Morgan fingerprint density at radius 1 is 0.825 bits per heavy atom. The topological polar surface area (TPSA) is 6.48 Å². The number of rotatable bonds is 8. The molecule has 3 aromatic rings. The molecule has 0 radical (unpaired) electrons. The smallest absolute Gasteiger partial charge is 0.299 e. The van der Waals surface area contributed by atoms with E-state index in [2.05, 4.69) is 34.6 Å².